The van der Waals surface area contributed by atoms with Gasteiger partial charge in [0, 0.05) is 34.5 Å². The van der Waals surface area contributed by atoms with Gasteiger partial charge in [-0.05, 0) is 17.7 Å². The van der Waals surface area contributed by atoms with E-state index in [0.717, 1.165) is 20.9 Å². The Morgan fingerprint density at radius 3 is 2.95 bits per heavy atom. The van der Waals surface area contributed by atoms with Gasteiger partial charge < -0.3 is 9.72 Å². The molecule has 1 fully saturated rings. The van der Waals surface area contributed by atoms with Crippen molar-refractivity contribution < 1.29 is 9.53 Å². The monoisotopic (exact) mass is 335 g/mol. The topological polar surface area (TPSA) is 66.5 Å². The summed E-state index contributed by atoms with van der Waals surface area (Å²) in [5.41, 5.74) is 2.08. The molecule has 3 rings (SSSR count). The first kappa shape index (κ1) is 13.2. The number of nitrogens with one attached hydrogen (secondary N) is 2. The Morgan fingerprint density at radius 2 is 2.25 bits per heavy atom. The second-order valence-corrected chi connectivity index (χ2v) is 5.61. The fourth-order valence-corrected chi connectivity index (χ4v) is 3.10. The van der Waals surface area contributed by atoms with Crippen LogP contribution in [0, 0.1) is 0 Å². The quantitative estimate of drug-likeness (QED) is 0.885. The third-order valence-corrected chi connectivity index (χ3v) is 4.22. The lowest BCUT2D eigenvalue weighted by molar-refractivity contribution is -0.124. The molecule has 1 aliphatic rings. The predicted octanol–water partition coefficient (Wildman–Crippen LogP) is 2.53. The Hall–Kier alpha value is -1.82. The molecular weight excluding hydrogens is 322 g/mol. The molecule has 0 spiro atoms. The number of benzene rings is 1. The van der Waals surface area contributed by atoms with E-state index < -0.39 is 6.10 Å². The van der Waals surface area contributed by atoms with Gasteiger partial charge in [-0.3, -0.25) is 10.1 Å². The molecule has 5 nitrogen and oxygen atoms in total. The van der Waals surface area contributed by atoms with Crippen LogP contribution in [0.3, 0.4) is 0 Å². The zero-order valence-electron chi connectivity index (χ0n) is 11.1. The van der Waals surface area contributed by atoms with Crippen molar-refractivity contribution in [1.29, 1.82) is 0 Å². The molecule has 0 unspecified atom stereocenters. The Morgan fingerprint density at radius 1 is 1.45 bits per heavy atom. The van der Waals surface area contributed by atoms with E-state index >= 15 is 0 Å². The third kappa shape index (κ3) is 2.00. The number of halogens is 1. The molecular formula is C14H14BrN3O2. The van der Waals surface area contributed by atoms with Crippen LogP contribution in [-0.2, 0) is 9.53 Å². The van der Waals surface area contributed by atoms with Crippen LogP contribution in [0.25, 0.3) is 10.9 Å². The van der Waals surface area contributed by atoms with Crippen molar-refractivity contribution in [2.45, 2.75) is 18.9 Å². The number of H-pyrrole nitrogens is 1. The molecule has 0 bridgehead atoms. The van der Waals surface area contributed by atoms with E-state index in [2.05, 4.69) is 31.2 Å². The molecule has 2 heterocycles. The molecule has 0 saturated carbocycles. The zero-order chi connectivity index (χ0) is 14.3. The number of aromatic amines is 1. The van der Waals surface area contributed by atoms with Crippen molar-refractivity contribution in [1.82, 2.24) is 10.3 Å². The number of carbonyl (C=O) groups excluding carboxylic acids is 1. The highest BCUT2D eigenvalue weighted by Crippen LogP contribution is 2.34. The summed E-state index contributed by atoms with van der Waals surface area (Å²) in [6.45, 7) is 1.98. The largest absolute Gasteiger partial charge is 0.451 e. The van der Waals surface area contributed by atoms with Crippen molar-refractivity contribution in [3.8, 4) is 0 Å². The summed E-state index contributed by atoms with van der Waals surface area (Å²) in [5, 5.41) is 3.71. The highest BCUT2D eigenvalue weighted by Gasteiger charge is 2.37. The first-order valence-corrected chi connectivity index (χ1v) is 7.11. The second-order valence-electron chi connectivity index (χ2n) is 4.75. The molecule has 2 aromatic rings. The van der Waals surface area contributed by atoms with Gasteiger partial charge in [0.25, 0.3) is 11.9 Å². The van der Waals surface area contributed by atoms with E-state index in [1.165, 1.54) is 0 Å². The Balaban J connectivity index is 2.01. The summed E-state index contributed by atoms with van der Waals surface area (Å²) in [6.07, 6.45) is 1.37. The van der Waals surface area contributed by atoms with E-state index in [1.807, 2.05) is 31.3 Å². The Kier molecular flexibility index (Phi) is 3.25. The molecule has 6 heteroatoms. The van der Waals surface area contributed by atoms with E-state index in [9.17, 15) is 4.79 Å². The van der Waals surface area contributed by atoms with Gasteiger partial charge in [0.15, 0.2) is 6.10 Å². The van der Waals surface area contributed by atoms with Gasteiger partial charge in [-0.25, -0.2) is 4.99 Å². The van der Waals surface area contributed by atoms with Gasteiger partial charge in [-0.1, -0.05) is 28.9 Å². The van der Waals surface area contributed by atoms with Crippen molar-refractivity contribution in [3.05, 3.63) is 34.4 Å². The van der Waals surface area contributed by atoms with Gasteiger partial charge in [0.2, 0.25) is 0 Å². The van der Waals surface area contributed by atoms with Crippen molar-refractivity contribution >= 4 is 38.8 Å². The lowest BCUT2D eigenvalue weighted by atomic mass is 9.94. The first-order valence-electron chi connectivity index (χ1n) is 6.31. The molecule has 20 heavy (non-hydrogen) atoms. The maximum atomic E-state index is 12.0. The van der Waals surface area contributed by atoms with E-state index in [4.69, 9.17) is 4.74 Å². The normalized spacial score (nSPS) is 22.1. The van der Waals surface area contributed by atoms with Crippen LogP contribution in [-0.4, -0.2) is 30.1 Å². The van der Waals surface area contributed by atoms with Crippen molar-refractivity contribution in [2.75, 3.05) is 7.05 Å². The van der Waals surface area contributed by atoms with Gasteiger partial charge >= 0.3 is 0 Å². The first-order chi connectivity index (χ1) is 9.61. The van der Waals surface area contributed by atoms with Gasteiger partial charge in [-0.2, -0.15) is 0 Å². The number of ether oxygens (including phenoxy) is 1. The number of rotatable bonds is 2. The zero-order valence-corrected chi connectivity index (χ0v) is 12.7. The second kappa shape index (κ2) is 4.94. The van der Waals surface area contributed by atoms with E-state index in [-0.39, 0.29) is 17.8 Å². The van der Waals surface area contributed by atoms with Gasteiger partial charge in [0.1, 0.15) is 0 Å². The molecule has 1 aromatic carbocycles. The van der Waals surface area contributed by atoms with Crippen LogP contribution in [0.2, 0.25) is 0 Å². The lowest BCUT2D eigenvalue weighted by Crippen LogP contribution is -2.28. The maximum absolute atomic E-state index is 12.0. The number of aromatic nitrogens is 1. The number of hydrogen-bond acceptors (Lipinski definition) is 3. The third-order valence-electron chi connectivity index (χ3n) is 3.56. The molecule has 0 radical (unpaired) electrons. The molecule has 104 valence electrons. The predicted molar refractivity (Wildman–Crippen MR) is 80.8 cm³/mol. The minimum atomic E-state index is -0.556. The number of amides is 1. The number of amidine groups is 1. The van der Waals surface area contributed by atoms with Crippen LogP contribution in [0.4, 0.5) is 0 Å². The van der Waals surface area contributed by atoms with Crippen molar-refractivity contribution in [3.63, 3.8) is 0 Å². The van der Waals surface area contributed by atoms with Crippen LogP contribution < -0.4 is 5.32 Å². The SMILES string of the molecule is CN=C1NC(=O)[C@@H]([C@@H](C)c2c[nH]c3cccc(Br)c23)O1. The molecule has 1 amide bonds. The fraction of sp³-hybridized carbons (Fsp3) is 0.286. The Bertz CT molecular complexity index is 708. The van der Waals surface area contributed by atoms with Crippen LogP contribution in [0.5, 0.6) is 0 Å². The van der Waals surface area contributed by atoms with E-state index in [1.54, 1.807) is 7.05 Å². The summed E-state index contributed by atoms with van der Waals surface area (Å²) in [5.74, 6) is -0.235. The molecule has 2 N–H and O–H groups in total. The smallest absolute Gasteiger partial charge is 0.292 e. The number of fused-ring (bicyclic) bond motifs is 1. The van der Waals surface area contributed by atoms with Crippen LogP contribution >= 0.6 is 15.9 Å². The summed E-state index contributed by atoms with van der Waals surface area (Å²) in [7, 11) is 1.59. The number of aliphatic imine (C=N–C) groups is 1. The lowest BCUT2D eigenvalue weighted by Gasteiger charge is -2.16. The minimum absolute atomic E-state index is 0.0818. The Labute approximate surface area is 124 Å². The maximum Gasteiger partial charge on any atom is 0.292 e. The van der Waals surface area contributed by atoms with Gasteiger partial charge in [-0.15, -0.1) is 0 Å². The minimum Gasteiger partial charge on any atom is -0.451 e. The average molecular weight is 336 g/mol. The molecule has 0 aliphatic carbocycles. The molecule has 1 aromatic heterocycles. The number of nitrogens with zero attached hydrogens (tertiary/aromatic N) is 1. The molecule has 1 aliphatic heterocycles. The summed E-state index contributed by atoms with van der Waals surface area (Å²) in [6, 6.07) is 6.25. The number of hydrogen-bond donors (Lipinski definition) is 2. The van der Waals surface area contributed by atoms with Crippen LogP contribution in [0.15, 0.2) is 33.9 Å². The summed E-state index contributed by atoms with van der Waals surface area (Å²) in [4.78, 5) is 19.1. The fourth-order valence-electron chi connectivity index (χ4n) is 2.51. The molecule has 1 saturated heterocycles. The van der Waals surface area contributed by atoms with Crippen molar-refractivity contribution in [2.24, 2.45) is 4.99 Å². The highest BCUT2D eigenvalue weighted by molar-refractivity contribution is 9.10. The summed E-state index contributed by atoms with van der Waals surface area (Å²) < 4.78 is 6.56. The van der Waals surface area contributed by atoms with E-state index in [0.29, 0.717) is 0 Å². The van der Waals surface area contributed by atoms with Gasteiger partial charge in [0.05, 0.1) is 0 Å². The average Bonchev–Trinajstić information content (AvgIpc) is 3.02. The van der Waals surface area contributed by atoms with Crippen LogP contribution in [0.1, 0.15) is 18.4 Å². The summed E-state index contributed by atoms with van der Waals surface area (Å²) >= 11 is 3.56. The highest BCUT2D eigenvalue weighted by atomic mass is 79.9. The molecule has 2 atom stereocenters. The number of carbonyl (C=O) groups is 1. The standard InChI is InChI=1S/C14H14BrN3O2/c1-7(12-13(19)18-14(16-2)20-12)8-6-17-10-5-3-4-9(15)11(8)10/h3-7,12,17H,1-2H3,(H,16,18,19)/t7-,12+/m0/s1.